The van der Waals surface area contributed by atoms with E-state index in [-0.39, 0.29) is 0 Å². The normalized spacial score (nSPS) is 13.2. The summed E-state index contributed by atoms with van der Waals surface area (Å²) < 4.78 is 6.89. The standard InChI is InChI=1S/C47H31NO/c1-3-13-32(14-4-1)33-23-25-37(26-24-33)48(36-17-5-2-6-18-36)38-27-28-45-44(31-38)47(43-29-34-15-7-8-16-35(34)30-46(43)49-45)41-21-11-9-19-39(41)40-20-10-12-22-42(40)47/h1-31H. The fourth-order valence-corrected chi connectivity index (χ4v) is 8.17. The molecule has 0 aromatic heterocycles. The summed E-state index contributed by atoms with van der Waals surface area (Å²) in [5, 5.41) is 2.38. The molecule has 0 bridgehead atoms. The quantitative estimate of drug-likeness (QED) is 0.193. The van der Waals surface area contributed by atoms with Gasteiger partial charge in [0.2, 0.25) is 0 Å². The van der Waals surface area contributed by atoms with Gasteiger partial charge in [0, 0.05) is 28.2 Å². The molecule has 1 aliphatic heterocycles. The van der Waals surface area contributed by atoms with Gasteiger partial charge in [0.15, 0.2) is 0 Å². The van der Waals surface area contributed by atoms with Gasteiger partial charge >= 0.3 is 0 Å². The number of nitrogens with zero attached hydrogens (tertiary/aromatic N) is 1. The Morgan fingerprint density at radius 2 is 0.857 bits per heavy atom. The van der Waals surface area contributed by atoms with Crippen LogP contribution in [0.4, 0.5) is 17.1 Å². The number of anilines is 3. The van der Waals surface area contributed by atoms with Gasteiger partial charge in [0.25, 0.3) is 0 Å². The smallest absolute Gasteiger partial charge is 0.132 e. The molecule has 0 saturated heterocycles. The van der Waals surface area contributed by atoms with E-state index in [0.717, 1.165) is 34.1 Å². The summed E-state index contributed by atoms with van der Waals surface area (Å²) in [5.74, 6) is 1.78. The van der Waals surface area contributed by atoms with E-state index in [1.165, 1.54) is 49.7 Å². The first-order valence-corrected chi connectivity index (χ1v) is 16.8. The second-order valence-electron chi connectivity index (χ2n) is 12.9. The molecule has 1 aliphatic carbocycles. The predicted molar refractivity (Wildman–Crippen MR) is 201 cm³/mol. The van der Waals surface area contributed by atoms with Crippen LogP contribution in [-0.2, 0) is 5.41 Å². The molecule has 1 spiro atoms. The van der Waals surface area contributed by atoms with E-state index in [1.54, 1.807) is 0 Å². The predicted octanol–water partition coefficient (Wildman–Crippen LogP) is 12.4. The van der Waals surface area contributed by atoms with Gasteiger partial charge in [-0.1, -0.05) is 133 Å². The molecule has 0 N–H and O–H groups in total. The minimum absolute atomic E-state index is 0.560. The van der Waals surface area contributed by atoms with Gasteiger partial charge in [-0.3, -0.25) is 0 Å². The van der Waals surface area contributed by atoms with Crippen molar-refractivity contribution >= 4 is 27.8 Å². The van der Waals surface area contributed by atoms with Crippen molar-refractivity contribution in [2.45, 2.75) is 5.41 Å². The Labute approximate surface area is 286 Å². The number of rotatable bonds is 4. The average molecular weight is 626 g/mol. The van der Waals surface area contributed by atoms with Gasteiger partial charge in [0.1, 0.15) is 11.5 Å². The number of hydrogen-bond acceptors (Lipinski definition) is 2. The van der Waals surface area contributed by atoms with Gasteiger partial charge in [-0.2, -0.15) is 0 Å². The van der Waals surface area contributed by atoms with Crippen molar-refractivity contribution in [1.82, 2.24) is 0 Å². The Hall–Kier alpha value is -6.38. The molecular formula is C47H31NO. The molecule has 0 radical (unpaired) electrons. The molecule has 0 amide bonds. The molecule has 8 aromatic rings. The van der Waals surface area contributed by atoms with Crippen LogP contribution in [0.5, 0.6) is 11.5 Å². The third-order valence-electron chi connectivity index (χ3n) is 10.3. The van der Waals surface area contributed by atoms with E-state index in [0.29, 0.717) is 0 Å². The van der Waals surface area contributed by atoms with Gasteiger partial charge in [-0.15, -0.1) is 0 Å². The summed E-state index contributed by atoms with van der Waals surface area (Å²) in [7, 11) is 0. The zero-order chi connectivity index (χ0) is 32.4. The highest BCUT2D eigenvalue weighted by Gasteiger charge is 2.51. The molecule has 0 atom stereocenters. The molecule has 2 heteroatoms. The summed E-state index contributed by atoms with van der Waals surface area (Å²) in [6.07, 6.45) is 0. The highest BCUT2D eigenvalue weighted by molar-refractivity contribution is 5.93. The monoisotopic (exact) mass is 625 g/mol. The third-order valence-corrected chi connectivity index (χ3v) is 10.3. The van der Waals surface area contributed by atoms with Crippen LogP contribution in [0.2, 0.25) is 0 Å². The largest absolute Gasteiger partial charge is 0.457 e. The topological polar surface area (TPSA) is 12.5 Å². The van der Waals surface area contributed by atoms with Crippen LogP contribution in [-0.4, -0.2) is 0 Å². The molecule has 0 saturated carbocycles. The average Bonchev–Trinajstić information content (AvgIpc) is 3.46. The van der Waals surface area contributed by atoms with E-state index in [2.05, 4.69) is 193 Å². The molecule has 8 aromatic carbocycles. The van der Waals surface area contributed by atoms with Crippen molar-refractivity contribution in [3.05, 3.63) is 210 Å². The maximum Gasteiger partial charge on any atom is 0.132 e. The Morgan fingerprint density at radius 1 is 0.347 bits per heavy atom. The van der Waals surface area contributed by atoms with Crippen molar-refractivity contribution < 1.29 is 4.74 Å². The second kappa shape index (κ2) is 10.8. The Bertz CT molecular complexity index is 2470. The first-order valence-electron chi connectivity index (χ1n) is 16.8. The lowest BCUT2D eigenvalue weighted by molar-refractivity contribution is 0.437. The fraction of sp³-hybridized carbons (Fsp3) is 0.0213. The van der Waals surface area contributed by atoms with Crippen molar-refractivity contribution in [2.75, 3.05) is 4.90 Å². The van der Waals surface area contributed by atoms with E-state index >= 15 is 0 Å². The summed E-state index contributed by atoms with van der Waals surface area (Å²) in [6, 6.07) is 67.8. The summed E-state index contributed by atoms with van der Waals surface area (Å²) in [6.45, 7) is 0. The Morgan fingerprint density at radius 3 is 1.55 bits per heavy atom. The van der Waals surface area contributed by atoms with Crippen LogP contribution >= 0.6 is 0 Å². The zero-order valence-electron chi connectivity index (χ0n) is 26.8. The van der Waals surface area contributed by atoms with E-state index in [1.807, 2.05) is 0 Å². The molecule has 1 heterocycles. The van der Waals surface area contributed by atoms with Crippen molar-refractivity contribution in [3.8, 4) is 33.8 Å². The number of hydrogen-bond donors (Lipinski definition) is 0. The van der Waals surface area contributed by atoms with E-state index in [4.69, 9.17) is 4.74 Å². The molecule has 49 heavy (non-hydrogen) atoms. The fourth-order valence-electron chi connectivity index (χ4n) is 8.17. The van der Waals surface area contributed by atoms with Gasteiger partial charge in [-0.25, -0.2) is 0 Å². The third kappa shape index (κ3) is 4.14. The van der Waals surface area contributed by atoms with Gasteiger partial charge < -0.3 is 9.64 Å². The lowest BCUT2D eigenvalue weighted by atomic mass is 9.65. The maximum atomic E-state index is 6.89. The molecule has 230 valence electrons. The molecule has 0 fully saturated rings. The molecule has 2 nitrogen and oxygen atoms in total. The lowest BCUT2D eigenvalue weighted by Crippen LogP contribution is -2.32. The minimum Gasteiger partial charge on any atom is -0.457 e. The molecular weight excluding hydrogens is 595 g/mol. The van der Waals surface area contributed by atoms with Crippen LogP contribution in [0, 0.1) is 0 Å². The Kier molecular flexibility index (Phi) is 6.13. The maximum absolute atomic E-state index is 6.89. The van der Waals surface area contributed by atoms with Crippen LogP contribution in [0.3, 0.4) is 0 Å². The van der Waals surface area contributed by atoms with Crippen LogP contribution in [0.1, 0.15) is 22.3 Å². The van der Waals surface area contributed by atoms with E-state index in [9.17, 15) is 0 Å². The van der Waals surface area contributed by atoms with Crippen molar-refractivity contribution in [3.63, 3.8) is 0 Å². The summed E-state index contributed by atoms with van der Waals surface area (Å²) >= 11 is 0. The molecule has 0 unspecified atom stereocenters. The van der Waals surface area contributed by atoms with Crippen LogP contribution in [0.25, 0.3) is 33.0 Å². The minimum atomic E-state index is -0.560. The first-order chi connectivity index (χ1) is 24.3. The van der Waals surface area contributed by atoms with Gasteiger partial charge in [-0.05, 0) is 98.8 Å². The van der Waals surface area contributed by atoms with Crippen molar-refractivity contribution in [1.29, 1.82) is 0 Å². The number of para-hydroxylation sites is 1. The van der Waals surface area contributed by atoms with Crippen LogP contribution in [0.15, 0.2) is 188 Å². The number of fused-ring (bicyclic) bond motifs is 10. The zero-order valence-corrected chi connectivity index (χ0v) is 26.8. The highest BCUT2D eigenvalue weighted by atomic mass is 16.5. The summed E-state index contributed by atoms with van der Waals surface area (Å²) in [5.41, 5.74) is 12.5. The number of ether oxygens (including phenoxy) is 1. The molecule has 2 aliphatic rings. The van der Waals surface area contributed by atoms with Crippen LogP contribution < -0.4 is 9.64 Å². The molecule has 10 rings (SSSR count). The van der Waals surface area contributed by atoms with Crippen molar-refractivity contribution in [2.24, 2.45) is 0 Å². The summed E-state index contributed by atoms with van der Waals surface area (Å²) in [4.78, 5) is 2.35. The number of benzene rings is 8. The lowest BCUT2D eigenvalue weighted by Gasteiger charge is -2.40. The van der Waals surface area contributed by atoms with Gasteiger partial charge in [0.05, 0.1) is 5.41 Å². The highest BCUT2D eigenvalue weighted by Crippen LogP contribution is 2.63. The Balaban J connectivity index is 1.23. The first kappa shape index (κ1) is 27.7. The second-order valence-corrected chi connectivity index (χ2v) is 12.9. The SMILES string of the molecule is c1ccc(-c2ccc(N(c3ccccc3)c3ccc4c(c3)C3(c5cc6ccccc6cc5O4)c4ccccc4-c4ccccc43)cc2)cc1. The van der Waals surface area contributed by atoms with E-state index < -0.39 is 5.41 Å².